The van der Waals surface area contributed by atoms with Gasteiger partial charge in [0.25, 0.3) is 15.9 Å². The minimum atomic E-state index is -3.72. The lowest BCUT2D eigenvalue weighted by Gasteiger charge is -2.36. The number of hydrogen-bond acceptors (Lipinski definition) is 6. The number of aryl methyl sites for hydroxylation is 1. The summed E-state index contributed by atoms with van der Waals surface area (Å²) in [6.07, 6.45) is 0. The summed E-state index contributed by atoms with van der Waals surface area (Å²) in [6.45, 7) is 4.36. The summed E-state index contributed by atoms with van der Waals surface area (Å²) in [7, 11) is -2.07. The number of anilines is 2. The molecule has 9 heteroatoms. The van der Waals surface area contributed by atoms with Crippen LogP contribution < -0.4 is 19.1 Å². The van der Waals surface area contributed by atoms with Crippen LogP contribution in [0.5, 0.6) is 11.5 Å². The van der Waals surface area contributed by atoms with Gasteiger partial charge in [-0.2, -0.15) is 0 Å². The highest BCUT2D eigenvalue weighted by Crippen LogP contribution is 2.28. The zero-order valence-corrected chi connectivity index (χ0v) is 20.6. The van der Waals surface area contributed by atoms with Crippen molar-refractivity contribution in [1.82, 2.24) is 4.90 Å². The van der Waals surface area contributed by atoms with E-state index < -0.39 is 10.0 Å². The number of benzene rings is 3. The van der Waals surface area contributed by atoms with Crippen LogP contribution in [0.4, 0.5) is 11.4 Å². The highest BCUT2D eigenvalue weighted by Gasteiger charge is 2.23. The number of carbonyl (C=O) groups excluding carboxylic acids is 1. The number of methoxy groups -OCH3 is 1. The van der Waals surface area contributed by atoms with Crippen molar-refractivity contribution in [3.63, 3.8) is 0 Å². The van der Waals surface area contributed by atoms with Crippen molar-refractivity contribution in [3.8, 4) is 11.5 Å². The zero-order chi connectivity index (χ0) is 24.8. The van der Waals surface area contributed by atoms with E-state index in [9.17, 15) is 13.2 Å². The number of carbonyl (C=O) groups is 1. The molecule has 3 aromatic rings. The third-order valence-electron chi connectivity index (χ3n) is 5.82. The normalized spacial score (nSPS) is 13.9. The Balaban J connectivity index is 1.29. The van der Waals surface area contributed by atoms with Gasteiger partial charge in [-0.25, -0.2) is 8.42 Å². The Bertz CT molecular complexity index is 1270. The van der Waals surface area contributed by atoms with Crippen LogP contribution in [0.2, 0.25) is 0 Å². The quantitative estimate of drug-likeness (QED) is 0.514. The first-order valence-electron chi connectivity index (χ1n) is 11.3. The third-order valence-corrected chi connectivity index (χ3v) is 7.22. The first-order valence-corrected chi connectivity index (χ1v) is 12.8. The molecule has 3 aromatic carbocycles. The molecule has 0 radical (unpaired) electrons. The number of piperazine rings is 1. The lowest BCUT2D eigenvalue weighted by atomic mass is 10.2. The van der Waals surface area contributed by atoms with Gasteiger partial charge in [-0.3, -0.25) is 9.52 Å². The van der Waals surface area contributed by atoms with Gasteiger partial charge < -0.3 is 19.3 Å². The van der Waals surface area contributed by atoms with Crippen molar-refractivity contribution < 1.29 is 22.7 Å². The molecule has 1 fully saturated rings. The van der Waals surface area contributed by atoms with Crippen LogP contribution in [0.1, 0.15) is 5.56 Å². The van der Waals surface area contributed by atoms with E-state index in [0.29, 0.717) is 37.6 Å². The van der Waals surface area contributed by atoms with Crippen LogP contribution in [-0.2, 0) is 14.8 Å². The number of ether oxygens (including phenoxy) is 2. The van der Waals surface area contributed by atoms with E-state index in [4.69, 9.17) is 9.47 Å². The van der Waals surface area contributed by atoms with Crippen LogP contribution in [0.25, 0.3) is 0 Å². The maximum absolute atomic E-state index is 12.6. The van der Waals surface area contributed by atoms with Gasteiger partial charge in [0.05, 0.1) is 17.7 Å². The summed E-state index contributed by atoms with van der Waals surface area (Å²) in [5.41, 5.74) is 2.48. The Kier molecular flexibility index (Phi) is 7.45. The highest BCUT2D eigenvalue weighted by atomic mass is 32.2. The van der Waals surface area contributed by atoms with Crippen molar-refractivity contribution in [3.05, 3.63) is 78.4 Å². The second-order valence-electron chi connectivity index (χ2n) is 8.27. The molecular formula is C26H29N3O5S. The summed E-state index contributed by atoms with van der Waals surface area (Å²) in [5.74, 6) is 1.14. The van der Waals surface area contributed by atoms with E-state index >= 15 is 0 Å². The number of hydrogen-bond donors (Lipinski definition) is 1. The first-order chi connectivity index (χ1) is 16.9. The molecular weight excluding hydrogens is 466 g/mol. The fraction of sp³-hybridized carbons (Fsp3) is 0.269. The summed E-state index contributed by atoms with van der Waals surface area (Å²) in [4.78, 5) is 16.7. The molecule has 184 valence electrons. The van der Waals surface area contributed by atoms with Crippen LogP contribution in [-0.4, -0.2) is 59.1 Å². The minimum absolute atomic E-state index is 0.109. The second kappa shape index (κ2) is 10.7. The Morgan fingerprint density at radius 3 is 2.34 bits per heavy atom. The zero-order valence-electron chi connectivity index (χ0n) is 19.8. The molecule has 1 aliphatic rings. The van der Waals surface area contributed by atoms with Crippen molar-refractivity contribution in [2.24, 2.45) is 0 Å². The van der Waals surface area contributed by atoms with E-state index in [1.807, 2.05) is 37.3 Å². The summed E-state index contributed by atoms with van der Waals surface area (Å²) in [6, 6.07) is 21.0. The van der Waals surface area contributed by atoms with E-state index in [1.165, 1.54) is 12.1 Å². The Labute approximate surface area is 206 Å². The van der Waals surface area contributed by atoms with Crippen molar-refractivity contribution in [1.29, 1.82) is 0 Å². The maximum atomic E-state index is 12.6. The molecule has 1 aliphatic heterocycles. The summed E-state index contributed by atoms with van der Waals surface area (Å²) in [5, 5.41) is 0. The van der Waals surface area contributed by atoms with Crippen molar-refractivity contribution in [2.75, 3.05) is 49.5 Å². The average Bonchev–Trinajstić information content (AvgIpc) is 2.87. The molecule has 1 heterocycles. The van der Waals surface area contributed by atoms with Gasteiger partial charge in [0.15, 0.2) is 6.61 Å². The lowest BCUT2D eigenvalue weighted by Crippen LogP contribution is -2.50. The topological polar surface area (TPSA) is 88.2 Å². The molecule has 1 amide bonds. The van der Waals surface area contributed by atoms with E-state index in [1.54, 1.807) is 42.3 Å². The second-order valence-corrected chi connectivity index (χ2v) is 9.96. The summed E-state index contributed by atoms with van der Waals surface area (Å²) < 4.78 is 38.9. The smallest absolute Gasteiger partial charge is 0.261 e. The van der Waals surface area contributed by atoms with Crippen molar-refractivity contribution >= 4 is 27.3 Å². The summed E-state index contributed by atoms with van der Waals surface area (Å²) >= 11 is 0. The molecule has 1 N–H and O–H groups in total. The number of para-hydroxylation sites is 2. The van der Waals surface area contributed by atoms with Crippen molar-refractivity contribution in [2.45, 2.75) is 11.8 Å². The van der Waals surface area contributed by atoms with Gasteiger partial charge in [-0.15, -0.1) is 0 Å². The number of amides is 1. The highest BCUT2D eigenvalue weighted by molar-refractivity contribution is 7.92. The third kappa shape index (κ3) is 6.05. The Morgan fingerprint density at radius 1 is 0.943 bits per heavy atom. The van der Waals surface area contributed by atoms with E-state index in [0.717, 1.165) is 17.0 Å². The molecule has 0 spiro atoms. The number of rotatable bonds is 8. The predicted molar refractivity (Wildman–Crippen MR) is 136 cm³/mol. The fourth-order valence-corrected chi connectivity index (χ4v) is 5.01. The molecule has 1 saturated heterocycles. The Hall–Kier alpha value is -3.72. The number of nitrogens with one attached hydrogen (secondary N) is 1. The van der Waals surface area contributed by atoms with Gasteiger partial charge in [0.2, 0.25) is 0 Å². The lowest BCUT2D eigenvalue weighted by molar-refractivity contribution is -0.133. The predicted octanol–water partition coefficient (Wildman–Crippen LogP) is 3.53. The number of sulfonamides is 1. The van der Waals surface area contributed by atoms with Gasteiger partial charge in [0, 0.05) is 31.9 Å². The van der Waals surface area contributed by atoms with Gasteiger partial charge in [-0.1, -0.05) is 24.3 Å². The standard InChI is InChI=1S/C26H29N3O5S/c1-20-6-5-7-21(18-20)27-35(31,32)23-12-10-22(11-13-23)34-19-26(30)29-16-14-28(15-17-29)24-8-3-4-9-25(24)33-2/h3-13,18,27H,14-17,19H2,1-2H3. The van der Waals surface area contributed by atoms with Gasteiger partial charge in [0.1, 0.15) is 11.5 Å². The molecule has 0 saturated carbocycles. The fourth-order valence-electron chi connectivity index (χ4n) is 3.96. The van der Waals surface area contributed by atoms with Gasteiger partial charge in [-0.05, 0) is 61.0 Å². The van der Waals surface area contributed by atoms with Crippen LogP contribution in [0.15, 0.2) is 77.7 Å². The van der Waals surface area contributed by atoms with Crippen LogP contribution in [0.3, 0.4) is 0 Å². The monoisotopic (exact) mass is 495 g/mol. The van der Waals surface area contributed by atoms with Crippen LogP contribution >= 0.6 is 0 Å². The molecule has 0 atom stereocenters. The SMILES string of the molecule is COc1ccccc1N1CCN(C(=O)COc2ccc(S(=O)(=O)Nc3cccc(C)c3)cc2)CC1. The van der Waals surface area contributed by atoms with E-state index in [2.05, 4.69) is 9.62 Å². The number of nitrogens with zero attached hydrogens (tertiary/aromatic N) is 2. The molecule has 35 heavy (non-hydrogen) atoms. The molecule has 0 aliphatic carbocycles. The largest absolute Gasteiger partial charge is 0.495 e. The Morgan fingerprint density at radius 2 is 1.66 bits per heavy atom. The molecule has 8 nitrogen and oxygen atoms in total. The first kappa shape index (κ1) is 24.4. The molecule has 0 unspecified atom stereocenters. The molecule has 0 bridgehead atoms. The average molecular weight is 496 g/mol. The van der Waals surface area contributed by atoms with E-state index in [-0.39, 0.29) is 17.4 Å². The van der Waals surface area contributed by atoms with Crippen LogP contribution in [0, 0.1) is 6.92 Å². The van der Waals surface area contributed by atoms with Gasteiger partial charge >= 0.3 is 0 Å². The molecule has 4 rings (SSSR count). The minimum Gasteiger partial charge on any atom is -0.495 e. The maximum Gasteiger partial charge on any atom is 0.261 e. The molecule has 0 aromatic heterocycles.